The molecule has 3 rings (SSSR count). The number of carbonyl (C=O) groups is 1. The van der Waals surface area contributed by atoms with Gasteiger partial charge in [-0.2, -0.15) is 0 Å². The topological polar surface area (TPSA) is 95.5 Å². The maximum atomic E-state index is 12.5. The van der Waals surface area contributed by atoms with Gasteiger partial charge < -0.3 is 10.2 Å². The summed E-state index contributed by atoms with van der Waals surface area (Å²) in [4.78, 5) is 26.0. The molecule has 8 nitrogen and oxygen atoms in total. The van der Waals surface area contributed by atoms with Crippen LogP contribution in [0.4, 0.5) is 5.82 Å². The minimum Gasteiger partial charge on any atom is -0.356 e. The van der Waals surface area contributed by atoms with Gasteiger partial charge >= 0.3 is 0 Å². The summed E-state index contributed by atoms with van der Waals surface area (Å²) in [5, 5.41) is 4.10. The number of aromatic nitrogens is 2. The Bertz CT molecular complexity index is 997. The summed E-state index contributed by atoms with van der Waals surface area (Å²) in [6.07, 6.45) is 3.80. The molecule has 1 aliphatic heterocycles. The Morgan fingerprint density at radius 2 is 2.00 bits per heavy atom. The molecule has 0 unspecified atom stereocenters. The number of nitrogens with one attached hydrogen (secondary N) is 1. The van der Waals surface area contributed by atoms with Crippen LogP contribution in [0.15, 0.2) is 6.33 Å². The van der Waals surface area contributed by atoms with E-state index < -0.39 is 10.0 Å². The van der Waals surface area contributed by atoms with E-state index in [1.165, 1.54) is 14.7 Å². The summed E-state index contributed by atoms with van der Waals surface area (Å²) >= 11 is 1.70. The lowest BCUT2D eigenvalue weighted by Crippen LogP contribution is -2.41. The molecule has 0 aromatic carbocycles. The molecule has 1 fully saturated rings. The van der Waals surface area contributed by atoms with Gasteiger partial charge in [0, 0.05) is 44.0 Å². The maximum Gasteiger partial charge on any atom is 0.223 e. The van der Waals surface area contributed by atoms with E-state index in [2.05, 4.69) is 34.0 Å². The molecule has 3 heterocycles. The average Bonchev–Trinajstić information content (AvgIpc) is 3.04. The zero-order chi connectivity index (χ0) is 21.9. The Labute approximate surface area is 182 Å². The highest BCUT2D eigenvalue weighted by atomic mass is 32.2. The first kappa shape index (κ1) is 22.9. The van der Waals surface area contributed by atoms with Gasteiger partial charge in [0.15, 0.2) is 0 Å². The minimum absolute atomic E-state index is 0.0130. The molecule has 30 heavy (non-hydrogen) atoms. The molecule has 0 spiro atoms. The Hall–Kier alpha value is -1.78. The van der Waals surface area contributed by atoms with Crippen LogP contribution in [0.25, 0.3) is 10.2 Å². The van der Waals surface area contributed by atoms with Crippen LogP contribution in [-0.4, -0.2) is 67.6 Å². The number of aryl methyl sites for hydroxylation is 2. The van der Waals surface area contributed by atoms with Crippen LogP contribution < -0.4 is 10.2 Å². The van der Waals surface area contributed by atoms with Gasteiger partial charge in [0.25, 0.3) is 0 Å². The van der Waals surface area contributed by atoms with Crippen LogP contribution in [0.5, 0.6) is 0 Å². The van der Waals surface area contributed by atoms with Gasteiger partial charge in [-0.05, 0) is 45.6 Å². The molecule has 1 saturated heterocycles. The first-order valence-corrected chi connectivity index (χ1v) is 12.8. The normalized spacial score (nSPS) is 15.8. The molecule has 0 bridgehead atoms. The summed E-state index contributed by atoms with van der Waals surface area (Å²) in [6, 6.07) is 0. The zero-order valence-electron chi connectivity index (χ0n) is 18.1. The first-order valence-electron chi connectivity index (χ1n) is 10.4. The highest BCUT2D eigenvalue weighted by molar-refractivity contribution is 7.89. The number of rotatable bonds is 8. The van der Waals surface area contributed by atoms with Crippen LogP contribution in [0.1, 0.15) is 36.6 Å². The molecular weight excluding hydrogens is 422 g/mol. The quantitative estimate of drug-likeness (QED) is 0.616. The molecule has 0 saturated carbocycles. The van der Waals surface area contributed by atoms with E-state index in [9.17, 15) is 13.2 Å². The summed E-state index contributed by atoms with van der Waals surface area (Å²) in [7, 11) is -1.58. The highest BCUT2D eigenvalue weighted by Crippen LogP contribution is 2.35. The largest absolute Gasteiger partial charge is 0.356 e. The standard InChI is InChI=1S/C20H31N5O3S2/c1-5-30(27,28)24(4)10-6-9-21-19(26)16-7-11-25(12-8-16)18-17-14(2)15(3)29-20(17)23-13-22-18/h13,16H,5-12H2,1-4H3,(H,21,26). The van der Waals surface area contributed by atoms with Crippen molar-refractivity contribution in [3.8, 4) is 0 Å². The number of hydrogen-bond acceptors (Lipinski definition) is 7. The number of piperidine rings is 1. The lowest BCUT2D eigenvalue weighted by atomic mass is 9.95. The predicted octanol–water partition coefficient (Wildman–Crippen LogP) is 2.31. The molecule has 1 amide bonds. The number of carbonyl (C=O) groups excluding carboxylic acids is 1. The van der Waals surface area contributed by atoms with Gasteiger partial charge in [0.1, 0.15) is 17.0 Å². The Morgan fingerprint density at radius 3 is 2.67 bits per heavy atom. The lowest BCUT2D eigenvalue weighted by molar-refractivity contribution is -0.125. The van der Waals surface area contributed by atoms with Crippen molar-refractivity contribution in [1.29, 1.82) is 0 Å². The number of fused-ring (bicyclic) bond motifs is 1. The molecule has 0 atom stereocenters. The number of nitrogens with zero attached hydrogens (tertiary/aromatic N) is 4. The summed E-state index contributed by atoms with van der Waals surface area (Å²) in [5.74, 6) is 1.12. The van der Waals surface area contributed by atoms with E-state index in [0.717, 1.165) is 42.0 Å². The molecule has 166 valence electrons. The van der Waals surface area contributed by atoms with Crippen molar-refractivity contribution in [2.24, 2.45) is 5.92 Å². The lowest BCUT2D eigenvalue weighted by Gasteiger charge is -2.32. The fourth-order valence-electron chi connectivity index (χ4n) is 3.77. The molecule has 10 heteroatoms. The average molecular weight is 454 g/mol. The molecule has 0 radical (unpaired) electrons. The SMILES string of the molecule is CCS(=O)(=O)N(C)CCCNC(=O)C1CCN(c2ncnc3sc(C)c(C)c23)CC1. The fourth-order valence-corrected chi connectivity index (χ4v) is 5.61. The van der Waals surface area contributed by atoms with Crippen molar-refractivity contribution in [3.05, 3.63) is 16.8 Å². The smallest absolute Gasteiger partial charge is 0.223 e. The van der Waals surface area contributed by atoms with Gasteiger partial charge in [-0.3, -0.25) is 4.79 Å². The zero-order valence-corrected chi connectivity index (χ0v) is 19.8. The van der Waals surface area contributed by atoms with Crippen LogP contribution in [0.2, 0.25) is 0 Å². The Morgan fingerprint density at radius 1 is 1.30 bits per heavy atom. The number of amides is 1. The van der Waals surface area contributed by atoms with E-state index in [1.807, 2.05) is 0 Å². The van der Waals surface area contributed by atoms with Crippen LogP contribution in [-0.2, 0) is 14.8 Å². The van der Waals surface area contributed by atoms with Crippen LogP contribution in [0, 0.1) is 19.8 Å². The van der Waals surface area contributed by atoms with Gasteiger partial charge in [0.05, 0.1) is 11.1 Å². The van der Waals surface area contributed by atoms with Crippen molar-refractivity contribution < 1.29 is 13.2 Å². The third-order valence-corrected chi connectivity index (χ3v) is 8.88. The summed E-state index contributed by atoms with van der Waals surface area (Å²) < 4.78 is 24.9. The van der Waals surface area contributed by atoms with Crippen molar-refractivity contribution in [3.63, 3.8) is 0 Å². The molecule has 2 aromatic heterocycles. The van der Waals surface area contributed by atoms with Crippen molar-refractivity contribution >= 4 is 43.3 Å². The fraction of sp³-hybridized carbons (Fsp3) is 0.650. The van der Waals surface area contributed by atoms with E-state index >= 15 is 0 Å². The molecule has 0 aliphatic carbocycles. The highest BCUT2D eigenvalue weighted by Gasteiger charge is 2.27. The third kappa shape index (κ3) is 4.92. The Balaban J connectivity index is 1.50. The van der Waals surface area contributed by atoms with Gasteiger partial charge in [0.2, 0.25) is 15.9 Å². The second-order valence-electron chi connectivity index (χ2n) is 7.79. The summed E-state index contributed by atoms with van der Waals surface area (Å²) in [5.41, 5.74) is 1.24. The second-order valence-corrected chi connectivity index (χ2v) is 11.4. The minimum atomic E-state index is -3.16. The predicted molar refractivity (Wildman–Crippen MR) is 122 cm³/mol. The van der Waals surface area contributed by atoms with Crippen molar-refractivity contribution in [2.75, 3.05) is 43.9 Å². The molecule has 1 N–H and O–H groups in total. The van der Waals surface area contributed by atoms with Crippen LogP contribution in [0.3, 0.4) is 0 Å². The number of hydrogen-bond donors (Lipinski definition) is 1. The van der Waals surface area contributed by atoms with Gasteiger partial charge in [-0.15, -0.1) is 11.3 Å². The third-order valence-electron chi connectivity index (χ3n) is 5.90. The maximum absolute atomic E-state index is 12.5. The van der Waals surface area contributed by atoms with Crippen LogP contribution >= 0.6 is 11.3 Å². The first-order chi connectivity index (χ1) is 14.2. The number of sulfonamides is 1. The van der Waals surface area contributed by atoms with Gasteiger partial charge in [-0.1, -0.05) is 0 Å². The molecule has 2 aromatic rings. The Kier molecular flexibility index (Phi) is 7.30. The summed E-state index contributed by atoms with van der Waals surface area (Å²) in [6.45, 7) is 8.34. The van der Waals surface area contributed by atoms with E-state index in [1.54, 1.807) is 31.6 Å². The van der Waals surface area contributed by atoms with E-state index in [0.29, 0.717) is 19.5 Å². The van der Waals surface area contributed by atoms with Gasteiger partial charge in [-0.25, -0.2) is 22.7 Å². The molecular formula is C20H31N5O3S2. The van der Waals surface area contributed by atoms with Crippen molar-refractivity contribution in [1.82, 2.24) is 19.6 Å². The van der Waals surface area contributed by atoms with E-state index in [4.69, 9.17) is 0 Å². The van der Waals surface area contributed by atoms with Crippen molar-refractivity contribution in [2.45, 2.75) is 40.0 Å². The number of anilines is 1. The molecule has 1 aliphatic rings. The second kappa shape index (κ2) is 9.57. The monoisotopic (exact) mass is 453 g/mol. The number of thiophene rings is 1. The van der Waals surface area contributed by atoms with E-state index in [-0.39, 0.29) is 17.6 Å².